The predicted octanol–water partition coefficient (Wildman–Crippen LogP) is 1.93. The Morgan fingerprint density at radius 1 is 1.04 bits per heavy atom. The molecule has 0 spiro atoms. The summed E-state index contributed by atoms with van der Waals surface area (Å²) >= 11 is 0. The second-order valence-electron chi connectivity index (χ2n) is 7.27. The molecule has 2 aromatic rings. The van der Waals surface area contributed by atoms with Crippen molar-refractivity contribution in [1.82, 2.24) is 0 Å². The van der Waals surface area contributed by atoms with Gasteiger partial charge < -0.3 is 15.0 Å². The lowest BCUT2D eigenvalue weighted by Gasteiger charge is -2.31. The predicted molar refractivity (Wildman–Crippen MR) is 109 cm³/mol. The van der Waals surface area contributed by atoms with Gasteiger partial charge in [-0.05, 0) is 29.5 Å². The highest BCUT2D eigenvalue weighted by Crippen LogP contribution is 2.22. The first kappa shape index (κ1) is 20.1. The highest BCUT2D eigenvalue weighted by atomic mass is 16.5. The maximum Gasteiger partial charge on any atom is 0.365 e. The Kier molecular flexibility index (Phi) is 6.47. The third-order valence-electron chi connectivity index (χ3n) is 5.59. The van der Waals surface area contributed by atoms with E-state index in [9.17, 15) is 9.59 Å². The van der Waals surface area contributed by atoms with Crippen molar-refractivity contribution in [3.63, 3.8) is 0 Å². The van der Waals surface area contributed by atoms with Gasteiger partial charge in [0, 0.05) is 17.7 Å². The Morgan fingerprint density at radius 3 is 2.29 bits per heavy atom. The normalized spacial score (nSPS) is 18.2. The summed E-state index contributed by atoms with van der Waals surface area (Å²) in [6, 6.07) is 13.9. The fraction of sp³-hybridized carbons (Fsp3) is 0.391. The van der Waals surface area contributed by atoms with E-state index in [4.69, 9.17) is 4.74 Å². The second-order valence-corrected chi connectivity index (χ2v) is 7.27. The number of nitrogens with one attached hydrogen (secondary N) is 2. The van der Waals surface area contributed by atoms with Crippen LogP contribution >= 0.6 is 0 Å². The molecule has 0 fully saturated rings. The molecule has 1 heterocycles. The first-order valence-electron chi connectivity index (χ1n) is 9.97. The van der Waals surface area contributed by atoms with E-state index >= 15 is 0 Å². The molecule has 0 aliphatic carbocycles. The number of benzene rings is 2. The lowest BCUT2D eigenvalue weighted by atomic mass is 9.94. The standard InChI is InChI=1S/C23H28N2O3/c1-4-16-11-8-12-17(5-2)22(16)24-21(26)15-25-14-19-10-7-6-9-18(19)13-20(25)23(27)28-3/h6-12,20H,4-5,13-15H2,1-3H3,(H,24,26)/p+1/t20-/m1/s1. The SMILES string of the molecule is CCc1cccc(CC)c1NC(=O)C[NH+]1Cc2ccccc2C[C@@H]1C(=O)OC. The summed E-state index contributed by atoms with van der Waals surface area (Å²) in [5.41, 5.74) is 5.54. The Labute approximate surface area is 166 Å². The molecule has 0 aromatic heterocycles. The zero-order chi connectivity index (χ0) is 20.1. The van der Waals surface area contributed by atoms with E-state index in [1.807, 2.05) is 24.3 Å². The van der Waals surface area contributed by atoms with Crippen LogP contribution in [0.1, 0.15) is 36.1 Å². The average Bonchev–Trinajstić information content (AvgIpc) is 2.72. The zero-order valence-corrected chi connectivity index (χ0v) is 16.9. The van der Waals surface area contributed by atoms with Crippen molar-refractivity contribution in [1.29, 1.82) is 0 Å². The molecule has 0 saturated heterocycles. The molecule has 5 nitrogen and oxygen atoms in total. The quantitative estimate of drug-likeness (QED) is 0.752. The number of aryl methyl sites for hydroxylation is 2. The summed E-state index contributed by atoms with van der Waals surface area (Å²) in [5.74, 6) is -0.334. The summed E-state index contributed by atoms with van der Waals surface area (Å²) in [7, 11) is 1.41. The maximum absolute atomic E-state index is 12.9. The number of quaternary nitrogens is 1. The topological polar surface area (TPSA) is 59.8 Å². The Hall–Kier alpha value is -2.66. The monoisotopic (exact) mass is 381 g/mol. The van der Waals surface area contributed by atoms with Crippen molar-refractivity contribution in [2.24, 2.45) is 0 Å². The number of hydrogen-bond donors (Lipinski definition) is 2. The van der Waals surface area contributed by atoms with Crippen LogP contribution in [-0.4, -0.2) is 31.6 Å². The van der Waals surface area contributed by atoms with Crippen LogP contribution in [0.3, 0.4) is 0 Å². The number of carbonyl (C=O) groups excluding carboxylic acids is 2. The number of carbonyl (C=O) groups is 2. The van der Waals surface area contributed by atoms with Crippen molar-refractivity contribution in [3.8, 4) is 0 Å². The first-order valence-corrected chi connectivity index (χ1v) is 9.97. The maximum atomic E-state index is 12.9. The summed E-state index contributed by atoms with van der Waals surface area (Å²) in [5, 5.41) is 3.12. The van der Waals surface area contributed by atoms with E-state index in [0.29, 0.717) is 13.0 Å². The molecule has 1 unspecified atom stereocenters. The van der Waals surface area contributed by atoms with Crippen molar-refractivity contribution in [3.05, 3.63) is 64.7 Å². The third kappa shape index (κ3) is 4.25. The highest BCUT2D eigenvalue weighted by Gasteiger charge is 2.37. The van der Waals surface area contributed by atoms with Gasteiger partial charge in [0.05, 0.1) is 7.11 Å². The Morgan fingerprint density at radius 2 is 1.68 bits per heavy atom. The second kappa shape index (κ2) is 9.02. The van der Waals surface area contributed by atoms with Crippen molar-refractivity contribution < 1.29 is 19.2 Å². The summed E-state index contributed by atoms with van der Waals surface area (Å²) in [4.78, 5) is 26.2. The molecule has 0 saturated carbocycles. The van der Waals surface area contributed by atoms with E-state index in [1.54, 1.807) is 0 Å². The summed E-state index contributed by atoms with van der Waals surface area (Å²) in [6.07, 6.45) is 2.31. The van der Waals surface area contributed by atoms with E-state index < -0.39 is 0 Å². The van der Waals surface area contributed by atoms with Gasteiger partial charge in [0.2, 0.25) is 0 Å². The number of esters is 1. The number of amides is 1. The minimum absolute atomic E-state index is 0.0705. The van der Waals surface area contributed by atoms with Crippen LogP contribution in [0.25, 0.3) is 0 Å². The minimum Gasteiger partial charge on any atom is -0.465 e. The lowest BCUT2D eigenvalue weighted by molar-refractivity contribution is -0.924. The molecule has 5 heteroatoms. The van der Waals surface area contributed by atoms with Crippen LogP contribution in [0.4, 0.5) is 5.69 Å². The van der Waals surface area contributed by atoms with Gasteiger partial charge in [-0.15, -0.1) is 0 Å². The van der Waals surface area contributed by atoms with Gasteiger partial charge in [-0.25, -0.2) is 4.79 Å². The number of methoxy groups -OCH3 is 1. The fourth-order valence-electron chi connectivity index (χ4n) is 4.03. The molecule has 28 heavy (non-hydrogen) atoms. The molecule has 1 aliphatic rings. The molecule has 1 amide bonds. The van der Waals surface area contributed by atoms with E-state index in [2.05, 4.69) is 37.4 Å². The largest absolute Gasteiger partial charge is 0.465 e. The van der Waals surface area contributed by atoms with Gasteiger partial charge in [-0.1, -0.05) is 56.3 Å². The van der Waals surface area contributed by atoms with Crippen LogP contribution in [0, 0.1) is 0 Å². The van der Waals surface area contributed by atoms with Gasteiger partial charge in [0.15, 0.2) is 12.6 Å². The van der Waals surface area contributed by atoms with Gasteiger partial charge in [-0.3, -0.25) is 4.79 Å². The number of hydrogen-bond acceptors (Lipinski definition) is 3. The number of anilines is 1. The molecular weight excluding hydrogens is 352 g/mol. The van der Waals surface area contributed by atoms with Crippen molar-refractivity contribution >= 4 is 17.6 Å². The molecule has 0 bridgehead atoms. The number of ether oxygens (including phenoxy) is 1. The van der Waals surface area contributed by atoms with Crippen LogP contribution in [-0.2, 0) is 40.1 Å². The molecule has 2 N–H and O–H groups in total. The molecule has 1 aliphatic heterocycles. The van der Waals surface area contributed by atoms with Crippen molar-refractivity contribution in [2.45, 2.75) is 45.7 Å². The van der Waals surface area contributed by atoms with Crippen molar-refractivity contribution in [2.75, 3.05) is 19.0 Å². The van der Waals surface area contributed by atoms with Gasteiger partial charge in [0.25, 0.3) is 5.91 Å². The van der Waals surface area contributed by atoms with E-state index in [-0.39, 0.29) is 24.5 Å². The Bertz CT molecular complexity index is 840. The molecule has 2 aromatic carbocycles. The summed E-state index contributed by atoms with van der Waals surface area (Å²) < 4.78 is 5.02. The molecule has 0 radical (unpaired) electrons. The summed E-state index contributed by atoms with van der Waals surface area (Å²) in [6.45, 7) is 5.05. The highest BCUT2D eigenvalue weighted by molar-refractivity contribution is 5.93. The number of fused-ring (bicyclic) bond motifs is 1. The smallest absolute Gasteiger partial charge is 0.365 e. The lowest BCUT2D eigenvalue weighted by Crippen LogP contribution is -3.17. The molecule has 148 valence electrons. The third-order valence-corrected chi connectivity index (χ3v) is 5.59. The number of para-hydroxylation sites is 1. The van der Waals surface area contributed by atoms with Crippen LogP contribution in [0.5, 0.6) is 0 Å². The Balaban J connectivity index is 1.80. The average molecular weight is 381 g/mol. The first-order chi connectivity index (χ1) is 13.6. The minimum atomic E-state index is -0.363. The molecule has 2 atom stereocenters. The van der Waals surface area contributed by atoms with E-state index in [1.165, 1.54) is 12.7 Å². The van der Waals surface area contributed by atoms with Crippen LogP contribution < -0.4 is 10.2 Å². The number of rotatable bonds is 6. The molecule has 3 rings (SSSR count). The molecular formula is C23H29N2O3+. The van der Waals surface area contributed by atoms with E-state index in [0.717, 1.165) is 40.1 Å². The van der Waals surface area contributed by atoms with Gasteiger partial charge in [-0.2, -0.15) is 0 Å². The van der Waals surface area contributed by atoms with Crippen LogP contribution in [0.15, 0.2) is 42.5 Å². The zero-order valence-electron chi connectivity index (χ0n) is 16.9. The fourth-order valence-corrected chi connectivity index (χ4v) is 4.03. The van der Waals surface area contributed by atoms with Gasteiger partial charge >= 0.3 is 5.97 Å². The van der Waals surface area contributed by atoms with Gasteiger partial charge in [0.1, 0.15) is 6.54 Å². The van der Waals surface area contributed by atoms with Crippen LogP contribution in [0.2, 0.25) is 0 Å².